The fraction of sp³-hybridized carbons (Fsp3) is 0.652. The van der Waals surface area contributed by atoms with Gasteiger partial charge < -0.3 is 15.2 Å². The van der Waals surface area contributed by atoms with E-state index >= 15 is 0 Å². The smallest absolute Gasteiger partial charge is 0.317 e. The fourth-order valence-electron chi connectivity index (χ4n) is 4.84. The molecule has 2 aliphatic rings. The van der Waals surface area contributed by atoms with Gasteiger partial charge in [0.1, 0.15) is 5.82 Å². The Kier molecular flexibility index (Phi) is 5.88. The third-order valence-corrected chi connectivity index (χ3v) is 6.70. The number of carbonyl (C=O) groups excluding carboxylic acids is 1. The molecule has 2 aromatic rings. The quantitative estimate of drug-likeness (QED) is 0.764. The summed E-state index contributed by atoms with van der Waals surface area (Å²) in [7, 11) is 0. The van der Waals surface area contributed by atoms with E-state index in [0.717, 1.165) is 55.5 Å². The third-order valence-electron chi connectivity index (χ3n) is 6.70. The van der Waals surface area contributed by atoms with E-state index in [-0.39, 0.29) is 6.03 Å². The number of amides is 2. The molecular weight excluding hydrogens is 348 g/mol. The van der Waals surface area contributed by atoms with Crippen molar-refractivity contribution >= 4 is 17.1 Å². The molecule has 2 N–H and O–H groups in total. The molecule has 28 heavy (non-hydrogen) atoms. The zero-order chi connectivity index (χ0) is 19.5. The highest BCUT2D eigenvalue weighted by atomic mass is 16.2. The lowest BCUT2D eigenvalue weighted by Crippen LogP contribution is -2.49. The van der Waals surface area contributed by atoms with Crippen molar-refractivity contribution in [2.24, 2.45) is 0 Å². The Hall–Kier alpha value is -2.04. The summed E-state index contributed by atoms with van der Waals surface area (Å²) < 4.78 is 0. The van der Waals surface area contributed by atoms with Gasteiger partial charge in [-0.15, -0.1) is 0 Å². The van der Waals surface area contributed by atoms with E-state index < -0.39 is 0 Å². The first kappa shape index (κ1) is 19.3. The van der Waals surface area contributed by atoms with Crippen LogP contribution in [0.2, 0.25) is 0 Å². The molecule has 2 saturated carbocycles. The van der Waals surface area contributed by atoms with E-state index in [9.17, 15) is 4.79 Å². The predicted molar refractivity (Wildman–Crippen MR) is 114 cm³/mol. The molecule has 5 nitrogen and oxygen atoms in total. The minimum Gasteiger partial charge on any atom is -0.342 e. The van der Waals surface area contributed by atoms with Crippen molar-refractivity contribution in [3.63, 3.8) is 0 Å². The average molecular weight is 383 g/mol. The van der Waals surface area contributed by atoms with Gasteiger partial charge in [-0.1, -0.05) is 32.1 Å². The topological polar surface area (TPSA) is 61.0 Å². The molecule has 0 atom stereocenters. The summed E-state index contributed by atoms with van der Waals surface area (Å²) in [5.41, 5.74) is 4.67. The van der Waals surface area contributed by atoms with Crippen molar-refractivity contribution in [1.29, 1.82) is 0 Å². The molecule has 0 spiro atoms. The van der Waals surface area contributed by atoms with E-state index in [1.165, 1.54) is 43.2 Å². The highest BCUT2D eigenvalue weighted by Gasteiger charge is 2.28. The maximum Gasteiger partial charge on any atom is 0.317 e. The lowest BCUT2D eigenvalue weighted by Gasteiger charge is -2.32. The summed E-state index contributed by atoms with van der Waals surface area (Å²) in [5, 5.41) is 3.33. The Balaban J connectivity index is 1.44. The molecule has 1 aromatic heterocycles. The number of hydrogen-bond acceptors (Lipinski definition) is 2. The molecule has 152 valence electrons. The maximum absolute atomic E-state index is 13.1. The van der Waals surface area contributed by atoms with Crippen LogP contribution < -0.4 is 5.32 Å². The monoisotopic (exact) mass is 382 g/mol. The van der Waals surface area contributed by atoms with Crippen LogP contribution in [0, 0.1) is 13.8 Å². The first-order valence-corrected chi connectivity index (χ1v) is 11.1. The summed E-state index contributed by atoms with van der Waals surface area (Å²) in [6, 6.07) is 5.21. The number of urea groups is 1. The van der Waals surface area contributed by atoms with Gasteiger partial charge in [0.25, 0.3) is 0 Å². The van der Waals surface area contributed by atoms with Crippen molar-refractivity contribution in [3.05, 3.63) is 29.1 Å². The molecule has 4 rings (SSSR count). The van der Waals surface area contributed by atoms with Gasteiger partial charge in [-0.2, -0.15) is 0 Å². The molecule has 0 unspecified atom stereocenters. The zero-order valence-corrected chi connectivity index (χ0v) is 17.4. The number of nitrogens with one attached hydrogen (secondary N) is 2. The van der Waals surface area contributed by atoms with Crippen molar-refractivity contribution in [2.75, 3.05) is 6.54 Å². The van der Waals surface area contributed by atoms with Crippen LogP contribution in [0.1, 0.15) is 74.7 Å². The molecule has 1 heterocycles. The van der Waals surface area contributed by atoms with Crippen LogP contribution >= 0.6 is 0 Å². The lowest BCUT2D eigenvalue weighted by molar-refractivity contribution is 0.168. The molecule has 5 heteroatoms. The third kappa shape index (κ3) is 4.34. The van der Waals surface area contributed by atoms with Crippen molar-refractivity contribution in [2.45, 2.75) is 90.1 Å². The fourth-order valence-corrected chi connectivity index (χ4v) is 4.84. The number of nitrogens with zero attached hydrogens (tertiary/aromatic N) is 2. The second kappa shape index (κ2) is 8.54. The van der Waals surface area contributed by atoms with Gasteiger partial charge in [0.05, 0.1) is 11.0 Å². The number of benzene rings is 1. The number of aromatic nitrogens is 2. The molecular formula is C23H34N4O. The van der Waals surface area contributed by atoms with Gasteiger partial charge >= 0.3 is 6.03 Å². The Bertz CT molecular complexity index is 776. The largest absolute Gasteiger partial charge is 0.342 e. The van der Waals surface area contributed by atoms with Gasteiger partial charge in [-0.25, -0.2) is 9.78 Å². The summed E-state index contributed by atoms with van der Waals surface area (Å²) in [5.74, 6) is 0.980. The van der Waals surface area contributed by atoms with Crippen LogP contribution in [0.4, 0.5) is 4.79 Å². The van der Waals surface area contributed by atoms with E-state index in [4.69, 9.17) is 4.98 Å². The van der Waals surface area contributed by atoms with Crippen LogP contribution in [-0.4, -0.2) is 39.5 Å². The number of carbonyl (C=O) groups is 1. The Morgan fingerprint density at radius 3 is 2.50 bits per heavy atom. The summed E-state index contributed by atoms with van der Waals surface area (Å²) >= 11 is 0. The molecule has 0 bridgehead atoms. The van der Waals surface area contributed by atoms with Crippen molar-refractivity contribution < 1.29 is 4.79 Å². The molecule has 0 aliphatic heterocycles. The molecule has 2 aliphatic carbocycles. The number of imidazole rings is 1. The van der Waals surface area contributed by atoms with Gasteiger partial charge in [-0.05, 0) is 62.8 Å². The van der Waals surface area contributed by atoms with Gasteiger partial charge in [0, 0.05) is 25.0 Å². The van der Waals surface area contributed by atoms with Gasteiger partial charge in [0.2, 0.25) is 0 Å². The summed E-state index contributed by atoms with van der Waals surface area (Å²) in [6.45, 7) is 4.99. The number of fused-ring (bicyclic) bond motifs is 1. The first-order chi connectivity index (χ1) is 13.6. The predicted octanol–water partition coefficient (Wildman–Crippen LogP) is 5.01. The van der Waals surface area contributed by atoms with E-state index in [0.29, 0.717) is 12.1 Å². The highest BCUT2D eigenvalue weighted by molar-refractivity contribution is 5.77. The highest BCUT2D eigenvalue weighted by Crippen LogP contribution is 2.25. The Morgan fingerprint density at radius 1 is 1.07 bits per heavy atom. The SMILES string of the molecule is Cc1cc2nc(CCN(C(=O)NC3CCCCC3)C3CCCC3)[nH]c2cc1C. The number of rotatable bonds is 5. The molecule has 0 saturated heterocycles. The summed E-state index contributed by atoms with van der Waals surface area (Å²) in [4.78, 5) is 23.4. The van der Waals surface area contributed by atoms with E-state index in [2.05, 4.69) is 41.2 Å². The molecule has 0 radical (unpaired) electrons. The van der Waals surface area contributed by atoms with Gasteiger partial charge in [0.15, 0.2) is 0 Å². The number of aryl methyl sites for hydroxylation is 2. The second-order valence-corrected chi connectivity index (χ2v) is 8.80. The summed E-state index contributed by atoms with van der Waals surface area (Å²) in [6.07, 6.45) is 11.6. The van der Waals surface area contributed by atoms with Crippen molar-refractivity contribution in [1.82, 2.24) is 20.2 Å². The lowest BCUT2D eigenvalue weighted by atomic mass is 9.96. The van der Waals surface area contributed by atoms with Crippen LogP contribution in [0.3, 0.4) is 0 Å². The average Bonchev–Trinajstić information content (AvgIpc) is 3.33. The normalized spacial score (nSPS) is 18.6. The van der Waals surface area contributed by atoms with Crippen LogP contribution in [0.5, 0.6) is 0 Å². The number of H-pyrrole nitrogens is 1. The minimum atomic E-state index is 0.140. The maximum atomic E-state index is 13.1. The zero-order valence-electron chi connectivity index (χ0n) is 17.4. The first-order valence-electron chi connectivity index (χ1n) is 11.1. The van der Waals surface area contributed by atoms with Crippen LogP contribution in [-0.2, 0) is 6.42 Å². The molecule has 2 fully saturated rings. The second-order valence-electron chi connectivity index (χ2n) is 8.80. The molecule has 2 amide bonds. The Labute approximate surface area is 168 Å². The standard InChI is InChI=1S/C23H34N4O/c1-16-14-20-21(15-17(16)2)26-22(25-20)12-13-27(19-10-6-7-11-19)23(28)24-18-8-4-3-5-9-18/h14-15,18-19H,3-13H2,1-2H3,(H,24,28)(H,25,26). The molecule has 1 aromatic carbocycles. The van der Waals surface area contributed by atoms with Gasteiger partial charge in [-0.3, -0.25) is 0 Å². The Morgan fingerprint density at radius 2 is 1.75 bits per heavy atom. The van der Waals surface area contributed by atoms with E-state index in [1.807, 2.05) is 0 Å². The number of hydrogen-bond donors (Lipinski definition) is 2. The van der Waals surface area contributed by atoms with Crippen LogP contribution in [0.15, 0.2) is 12.1 Å². The number of aromatic amines is 1. The van der Waals surface area contributed by atoms with E-state index in [1.54, 1.807) is 0 Å². The minimum absolute atomic E-state index is 0.140. The van der Waals surface area contributed by atoms with Crippen LogP contribution in [0.25, 0.3) is 11.0 Å². The van der Waals surface area contributed by atoms with Crippen molar-refractivity contribution in [3.8, 4) is 0 Å².